The molecule has 0 amide bonds. The summed E-state index contributed by atoms with van der Waals surface area (Å²) < 4.78 is 1.06. The second-order valence-electron chi connectivity index (χ2n) is 8.68. The summed E-state index contributed by atoms with van der Waals surface area (Å²) in [4.78, 5) is 12.5. The molecule has 1 heterocycles. The van der Waals surface area contributed by atoms with Gasteiger partial charge in [-0.3, -0.25) is 9.80 Å². The number of rotatable bonds is 6. The van der Waals surface area contributed by atoms with E-state index in [0.717, 1.165) is 39.0 Å². The fourth-order valence-electron chi connectivity index (χ4n) is 4.22. The largest absolute Gasteiger partial charge is 0.289 e. The van der Waals surface area contributed by atoms with Crippen molar-refractivity contribution in [3.05, 3.63) is 141 Å². The second-order valence-corrected chi connectivity index (χ2v) is 9.60. The van der Waals surface area contributed by atoms with Gasteiger partial charge in [-0.2, -0.15) is 5.10 Å². The molecule has 1 unspecified atom stereocenters. The average Bonchev–Trinajstić information content (AvgIpc) is 3.34. The molecule has 1 aliphatic heterocycles. The number of halogens is 1. The van der Waals surface area contributed by atoms with Gasteiger partial charge in [0.25, 0.3) is 0 Å². The summed E-state index contributed by atoms with van der Waals surface area (Å²) in [6, 6.07) is 34.8. The fourth-order valence-corrected chi connectivity index (χ4v) is 4.49. The summed E-state index contributed by atoms with van der Waals surface area (Å²) in [5.74, 6) is 0.000949. The number of benzene rings is 4. The van der Waals surface area contributed by atoms with Crippen molar-refractivity contribution in [2.75, 3.05) is 5.01 Å². The van der Waals surface area contributed by atoms with Crippen LogP contribution in [0.15, 0.2) is 119 Å². The van der Waals surface area contributed by atoms with E-state index in [4.69, 9.17) is 5.10 Å². The van der Waals surface area contributed by atoms with Crippen LogP contribution in [0.2, 0.25) is 0 Å². The van der Waals surface area contributed by atoms with Crippen LogP contribution in [0.25, 0.3) is 6.08 Å². The van der Waals surface area contributed by atoms with Crippen molar-refractivity contribution in [2.24, 2.45) is 5.10 Å². The summed E-state index contributed by atoms with van der Waals surface area (Å²) >= 11 is 3.54. The monoisotopic (exact) mass is 520 g/mol. The van der Waals surface area contributed by atoms with Crippen LogP contribution in [0.5, 0.6) is 0 Å². The molecular formula is C31H25BrN2O. The van der Waals surface area contributed by atoms with Crippen molar-refractivity contribution in [3.8, 4) is 0 Å². The lowest BCUT2D eigenvalue weighted by Gasteiger charge is -2.24. The van der Waals surface area contributed by atoms with Crippen LogP contribution in [0.1, 0.15) is 45.1 Å². The third kappa shape index (κ3) is 5.33. The lowest BCUT2D eigenvalue weighted by Crippen LogP contribution is -2.18. The van der Waals surface area contributed by atoms with E-state index in [9.17, 15) is 4.79 Å². The van der Waals surface area contributed by atoms with Gasteiger partial charge < -0.3 is 0 Å². The van der Waals surface area contributed by atoms with E-state index in [2.05, 4.69) is 69.5 Å². The van der Waals surface area contributed by atoms with Crippen molar-refractivity contribution in [1.82, 2.24) is 0 Å². The first kappa shape index (κ1) is 23.0. The van der Waals surface area contributed by atoms with Gasteiger partial charge in [0.15, 0.2) is 5.78 Å². The number of carbonyl (C=O) groups excluding carboxylic acids is 1. The zero-order valence-corrected chi connectivity index (χ0v) is 21.0. The molecular weight excluding hydrogens is 496 g/mol. The molecule has 0 aromatic heterocycles. The summed E-state index contributed by atoms with van der Waals surface area (Å²) in [6.45, 7) is 2.01. The number of carbonyl (C=O) groups is 1. The highest BCUT2D eigenvalue weighted by Gasteiger charge is 2.29. The molecule has 0 spiro atoms. The first-order chi connectivity index (χ1) is 17.1. The van der Waals surface area contributed by atoms with Crippen LogP contribution in [0.3, 0.4) is 0 Å². The zero-order valence-electron chi connectivity index (χ0n) is 19.4. The molecule has 4 aromatic rings. The Bertz CT molecular complexity index is 1370. The first-order valence-corrected chi connectivity index (χ1v) is 12.4. The minimum Gasteiger partial charge on any atom is -0.289 e. The Morgan fingerprint density at radius 3 is 2.26 bits per heavy atom. The second kappa shape index (κ2) is 10.2. The molecule has 5 rings (SSSR count). The maximum Gasteiger partial charge on any atom is 0.185 e. The Balaban J connectivity index is 1.39. The van der Waals surface area contributed by atoms with Crippen molar-refractivity contribution in [1.29, 1.82) is 0 Å². The van der Waals surface area contributed by atoms with E-state index in [-0.39, 0.29) is 11.8 Å². The molecule has 0 bridgehead atoms. The summed E-state index contributed by atoms with van der Waals surface area (Å²) in [7, 11) is 0. The lowest BCUT2D eigenvalue weighted by molar-refractivity contribution is 0.104. The van der Waals surface area contributed by atoms with E-state index in [1.165, 1.54) is 5.56 Å². The summed E-state index contributed by atoms with van der Waals surface area (Å²) in [6.07, 6.45) is 4.32. The van der Waals surface area contributed by atoms with Gasteiger partial charge >= 0.3 is 0 Å². The van der Waals surface area contributed by atoms with Crippen LogP contribution in [-0.2, 0) is 0 Å². The molecule has 4 heteroatoms. The van der Waals surface area contributed by atoms with Gasteiger partial charge in [-0.1, -0.05) is 106 Å². The molecule has 4 aromatic carbocycles. The number of anilines is 1. The first-order valence-electron chi connectivity index (χ1n) is 11.6. The Morgan fingerprint density at radius 2 is 1.57 bits per heavy atom. The highest BCUT2D eigenvalue weighted by atomic mass is 79.9. The van der Waals surface area contributed by atoms with Gasteiger partial charge in [-0.25, -0.2) is 0 Å². The Hall–Kier alpha value is -3.76. The average molecular weight is 521 g/mol. The Labute approximate surface area is 214 Å². The SMILES string of the molecule is Cc1ccc(C(=O)C=Cc2ccc(N3N=C(c4ccccc4)CC3c3ccc(Br)cc3)cc2)cc1. The van der Waals surface area contributed by atoms with Crippen LogP contribution in [-0.4, -0.2) is 11.5 Å². The number of nitrogens with zero attached hydrogens (tertiary/aromatic N) is 2. The topological polar surface area (TPSA) is 32.7 Å². The van der Waals surface area contributed by atoms with Crippen molar-refractivity contribution < 1.29 is 4.79 Å². The molecule has 35 heavy (non-hydrogen) atoms. The van der Waals surface area contributed by atoms with Crippen molar-refractivity contribution >= 4 is 39.2 Å². The van der Waals surface area contributed by atoms with Crippen molar-refractivity contribution in [2.45, 2.75) is 19.4 Å². The Morgan fingerprint density at radius 1 is 0.886 bits per heavy atom. The van der Waals surface area contributed by atoms with Crippen LogP contribution < -0.4 is 5.01 Å². The predicted molar refractivity (Wildman–Crippen MR) is 148 cm³/mol. The minimum atomic E-state index is 0.000949. The number of aryl methyl sites for hydroxylation is 1. The molecule has 0 N–H and O–H groups in total. The summed E-state index contributed by atoms with van der Waals surface area (Å²) in [5, 5.41) is 7.13. The molecule has 0 saturated heterocycles. The maximum absolute atomic E-state index is 12.5. The molecule has 0 saturated carbocycles. The Kier molecular flexibility index (Phi) is 6.73. The van der Waals surface area contributed by atoms with Crippen molar-refractivity contribution in [3.63, 3.8) is 0 Å². The highest BCUT2D eigenvalue weighted by molar-refractivity contribution is 9.10. The molecule has 0 aliphatic carbocycles. The zero-order chi connectivity index (χ0) is 24.2. The van der Waals surface area contributed by atoms with Gasteiger partial charge in [0.2, 0.25) is 0 Å². The van der Waals surface area contributed by atoms with E-state index >= 15 is 0 Å². The van der Waals surface area contributed by atoms with E-state index in [1.807, 2.05) is 67.6 Å². The van der Waals surface area contributed by atoms with Gasteiger partial charge in [0.05, 0.1) is 17.4 Å². The van der Waals surface area contributed by atoms with Gasteiger partial charge in [0, 0.05) is 16.5 Å². The number of hydrogen-bond acceptors (Lipinski definition) is 3. The highest BCUT2D eigenvalue weighted by Crippen LogP contribution is 2.37. The number of ketones is 1. The predicted octanol–water partition coefficient (Wildman–Crippen LogP) is 8.01. The molecule has 3 nitrogen and oxygen atoms in total. The third-order valence-corrected chi connectivity index (χ3v) is 6.72. The number of hydrazone groups is 1. The fraction of sp³-hybridized carbons (Fsp3) is 0.0968. The minimum absolute atomic E-state index is 0.000949. The smallest absolute Gasteiger partial charge is 0.185 e. The molecule has 172 valence electrons. The van der Waals surface area contributed by atoms with Gasteiger partial charge in [-0.05, 0) is 54.0 Å². The van der Waals surface area contributed by atoms with E-state index < -0.39 is 0 Å². The quantitative estimate of drug-likeness (QED) is 0.190. The van der Waals surface area contributed by atoms with Gasteiger partial charge in [-0.15, -0.1) is 0 Å². The number of hydrogen-bond donors (Lipinski definition) is 0. The number of allylic oxidation sites excluding steroid dienone is 1. The normalized spacial score (nSPS) is 15.4. The van der Waals surface area contributed by atoms with E-state index in [0.29, 0.717) is 5.56 Å². The molecule has 1 aliphatic rings. The molecule has 1 atom stereocenters. The summed E-state index contributed by atoms with van der Waals surface area (Å²) in [5.41, 5.74) is 7.27. The standard InChI is InChI=1S/C31H25BrN2O/c1-22-7-12-26(13-8-22)31(35)20-11-23-9-18-28(19-10-23)34-30(25-14-16-27(32)17-15-25)21-29(33-34)24-5-3-2-4-6-24/h2-20,30H,21H2,1H3. The van der Waals surface area contributed by atoms with Crippen LogP contribution >= 0.6 is 15.9 Å². The van der Waals surface area contributed by atoms with Crippen LogP contribution in [0, 0.1) is 6.92 Å². The van der Waals surface area contributed by atoms with E-state index in [1.54, 1.807) is 6.08 Å². The van der Waals surface area contributed by atoms with Crippen LogP contribution in [0.4, 0.5) is 5.69 Å². The maximum atomic E-state index is 12.5. The van der Waals surface area contributed by atoms with Gasteiger partial charge in [0.1, 0.15) is 0 Å². The third-order valence-electron chi connectivity index (χ3n) is 6.19. The molecule has 0 fully saturated rings. The lowest BCUT2D eigenvalue weighted by atomic mass is 9.98. The molecule has 0 radical (unpaired) electrons.